The van der Waals surface area contributed by atoms with Crippen LogP contribution < -0.4 is 10.1 Å². The van der Waals surface area contributed by atoms with Crippen molar-refractivity contribution in [3.05, 3.63) is 24.3 Å². The largest absolute Gasteiger partial charge is 0.492 e. The molecule has 0 bridgehead atoms. The Balaban J connectivity index is 2.06. The third kappa shape index (κ3) is 7.33. The Morgan fingerprint density at radius 1 is 0.950 bits per heavy atom. The maximum absolute atomic E-state index is 5.53. The van der Waals surface area contributed by atoms with E-state index in [9.17, 15) is 0 Å². The van der Waals surface area contributed by atoms with Gasteiger partial charge in [0.2, 0.25) is 0 Å². The third-order valence-electron chi connectivity index (χ3n) is 2.55. The molecule has 0 saturated carbocycles. The standard InChI is InChI=1S/C15H25NO4/c1-3-20-15-7-5-4-6-14(15)16-8-9-18-12-13-19-11-10-17-2/h4-7,16H,3,8-13H2,1-2H3. The fraction of sp³-hybridized carbons (Fsp3) is 0.600. The Bertz CT molecular complexity index is 346. The van der Waals surface area contributed by atoms with E-state index < -0.39 is 0 Å². The van der Waals surface area contributed by atoms with Gasteiger partial charge in [-0.3, -0.25) is 0 Å². The third-order valence-corrected chi connectivity index (χ3v) is 2.55. The van der Waals surface area contributed by atoms with Gasteiger partial charge >= 0.3 is 0 Å². The molecule has 0 aromatic heterocycles. The van der Waals surface area contributed by atoms with Crippen LogP contribution in [0.15, 0.2) is 24.3 Å². The predicted octanol–water partition coefficient (Wildman–Crippen LogP) is 2.18. The maximum Gasteiger partial charge on any atom is 0.142 e. The van der Waals surface area contributed by atoms with Gasteiger partial charge in [0, 0.05) is 13.7 Å². The van der Waals surface area contributed by atoms with Crippen molar-refractivity contribution >= 4 is 5.69 Å². The van der Waals surface area contributed by atoms with Crippen LogP contribution in [0, 0.1) is 0 Å². The number of ether oxygens (including phenoxy) is 4. The minimum Gasteiger partial charge on any atom is -0.492 e. The molecule has 0 aliphatic carbocycles. The molecular weight excluding hydrogens is 258 g/mol. The van der Waals surface area contributed by atoms with Crippen LogP contribution in [0.2, 0.25) is 0 Å². The number of hydrogen-bond acceptors (Lipinski definition) is 5. The van der Waals surface area contributed by atoms with Crippen molar-refractivity contribution in [2.24, 2.45) is 0 Å². The minimum absolute atomic E-state index is 0.596. The van der Waals surface area contributed by atoms with Crippen molar-refractivity contribution in [2.75, 3.05) is 58.6 Å². The number of anilines is 1. The molecule has 0 amide bonds. The summed E-state index contributed by atoms with van der Waals surface area (Å²) >= 11 is 0. The van der Waals surface area contributed by atoms with E-state index in [-0.39, 0.29) is 0 Å². The Labute approximate surface area is 121 Å². The average Bonchev–Trinajstić information content (AvgIpc) is 2.47. The second-order valence-electron chi connectivity index (χ2n) is 4.07. The first-order valence-electron chi connectivity index (χ1n) is 6.98. The molecule has 20 heavy (non-hydrogen) atoms. The summed E-state index contributed by atoms with van der Waals surface area (Å²) in [5, 5.41) is 3.30. The average molecular weight is 283 g/mol. The summed E-state index contributed by atoms with van der Waals surface area (Å²) in [7, 11) is 1.66. The highest BCUT2D eigenvalue weighted by molar-refractivity contribution is 5.56. The molecular formula is C15H25NO4. The fourth-order valence-corrected chi connectivity index (χ4v) is 1.62. The molecule has 5 heteroatoms. The zero-order valence-corrected chi connectivity index (χ0v) is 12.4. The van der Waals surface area contributed by atoms with E-state index in [0.29, 0.717) is 39.6 Å². The van der Waals surface area contributed by atoms with Crippen LogP contribution in [-0.4, -0.2) is 53.3 Å². The first-order chi connectivity index (χ1) is 9.88. The normalized spacial score (nSPS) is 10.5. The summed E-state index contributed by atoms with van der Waals surface area (Å²) in [5.74, 6) is 0.873. The van der Waals surface area contributed by atoms with Gasteiger partial charge in [-0.05, 0) is 19.1 Å². The van der Waals surface area contributed by atoms with E-state index in [0.717, 1.165) is 18.0 Å². The summed E-state index contributed by atoms with van der Waals surface area (Å²) in [5.41, 5.74) is 0.995. The van der Waals surface area contributed by atoms with E-state index in [1.54, 1.807) is 7.11 Å². The topological polar surface area (TPSA) is 49.0 Å². The minimum atomic E-state index is 0.596. The van der Waals surface area contributed by atoms with Crippen LogP contribution in [0.1, 0.15) is 6.92 Å². The number of para-hydroxylation sites is 2. The number of benzene rings is 1. The van der Waals surface area contributed by atoms with E-state index in [2.05, 4.69) is 5.32 Å². The Kier molecular flexibility index (Phi) is 9.65. The summed E-state index contributed by atoms with van der Waals surface area (Å²) in [4.78, 5) is 0. The van der Waals surface area contributed by atoms with Crippen LogP contribution in [0.5, 0.6) is 5.75 Å². The van der Waals surface area contributed by atoms with Gasteiger partial charge in [-0.15, -0.1) is 0 Å². The molecule has 5 nitrogen and oxygen atoms in total. The van der Waals surface area contributed by atoms with Crippen LogP contribution in [0.3, 0.4) is 0 Å². The van der Waals surface area contributed by atoms with Crippen molar-refractivity contribution in [1.82, 2.24) is 0 Å². The van der Waals surface area contributed by atoms with Gasteiger partial charge in [0.1, 0.15) is 5.75 Å². The van der Waals surface area contributed by atoms with Gasteiger partial charge in [-0.1, -0.05) is 12.1 Å². The quantitative estimate of drug-likeness (QED) is 0.596. The van der Waals surface area contributed by atoms with Crippen molar-refractivity contribution in [3.8, 4) is 5.75 Å². The highest BCUT2D eigenvalue weighted by Crippen LogP contribution is 2.23. The molecule has 0 atom stereocenters. The van der Waals surface area contributed by atoms with Gasteiger partial charge in [-0.25, -0.2) is 0 Å². The van der Waals surface area contributed by atoms with Crippen LogP contribution in [0.25, 0.3) is 0 Å². The maximum atomic E-state index is 5.53. The zero-order valence-electron chi connectivity index (χ0n) is 12.4. The van der Waals surface area contributed by atoms with Gasteiger partial charge < -0.3 is 24.3 Å². The summed E-state index contributed by atoms with van der Waals surface area (Å²) in [6.45, 7) is 6.43. The van der Waals surface area contributed by atoms with Gasteiger partial charge in [0.15, 0.2) is 0 Å². The Morgan fingerprint density at radius 3 is 2.40 bits per heavy atom. The SMILES string of the molecule is CCOc1ccccc1NCCOCCOCCOC. The first kappa shape index (κ1) is 16.8. The number of methoxy groups -OCH3 is 1. The lowest BCUT2D eigenvalue weighted by Crippen LogP contribution is -2.14. The lowest BCUT2D eigenvalue weighted by Gasteiger charge is -2.12. The highest BCUT2D eigenvalue weighted by atomic mass is 16.5. The molecule has 1 aromatic rings. The molecule has 0 aliphatic heterocycles. The molecule has 0 aliphatic rings. The lowest BCUT2D eigenvalue weighted by molar-refractivity contribution is 0.0272. The molecule has 1 rings (SSSR count). The number of hydrogen-bond donors (Lipinski definition) is 1. The van der Waals surface area contributed by atoms with Crippen LogP contribution in [0.4, 0.5) is 5.69 Å². The van der Waals surface area contributed by atoms with Crippen molar-refractivity contribution in [3.63, 3.8) is 0 Å². The Hall–Kier alpha value is -1.30. The second-order valence-corrected chi connectivity index (χ2v) is 4.07. The molecule has 0 radical (unpaired) electrons. The van der Waals surface area contributed by atoms with E-state index in [1.165, 1.54) is 0 Å². The van der Waals surface area contributed by atoms with Crippen LogP contribution >= 0.6 is 0 Å². The molecule has 0 fully saturated rings. The number of nitrogens with one attached hydrogen (secondary N) is 1. The summed E-state index contributed by atoms with van der Waals surface area (Å²) in [6, 6.07) is 7.90. The van der Waals surface area contributed by atoms with Gasteiger partial charge in [0.05, 0.1) is 45.3 Å². The first-order valence-corrected chi connectivity index (χ1v) is 6.98. The molecule has 0 saturated heterocycles. The fourth-order valence-electron chi connectivity index (χ4n) is 1.62. The van der Waals surface area contributed by atoms with Gasteiger partial charge in [0.25, 0.3) is 0 Å². The highest BCUT2D eigenvalue weighted by Gasteiger charge is 2.00. The molecule has 0 spiro atoms. The van der Waals surface area contributed by atoms with Gasteiger partial charge in [-0.2, -0.15) is 0 Å². The van der Waals surface area contributed by atoms with Crippen molar-refractivity contribution < 1.29 is 18.9 Å². The van der Waals surface area contributed by atoms with E-state index in [4.69, 9.17) is 18.9 Å². The van der Waals surface area contributed by atoms with E-state index >= 15 is 0 Å². The monoisotopic (exact) mass is 283 g/mol. The summed E-state index contributed by atoms with van der Waals surface area (Å²) < 4.78 is 21.2. The molecule has 0 heterocycles. The molecule has 1 N–H and O–H groups in total. The number of rotatable bonds is 12. The van der Waals surface area contributed by atoms with E-state index in [1.807, 2.05) is 31.2 Å². The van der Waals surface area contributed by atoms with Crippen molar-refractivity contribution in [2.45, 2.75) is 6.92 Å². The second kappa shape index (κ2) is 11.5. The summed E-state index contributed by atoms with van der Waals surface area (Å²) in [6.07, 6.45) is 0. The molecule has 114 valence electrons. The molecule has 1 aromatic carbocycles. The lowest BCUT2D eigenvalue weighted by atomic mass is 10.3. The van der Waals surface area contributed by atoms with Crippen LogP contribution in [-0.2, 0) is 14.2 Å². The zero-order chi connectivity index (χ0) is 14.5. The molecule has 0 unspecified atom stereocenters. The van der Waals surface area contributed by atoms with Crippen molar-refractivity contribution in [1.29, 1.82) is 0 Å². The predicted molar refractivity (Wildman–Crippen MR) is 79.6 cm³/mol. The smallest absolute Gasteiger partial charge is 0.142 e. The Morgan fingerprint density at radius 2 is 1.65 bits per heavy atom.